The molecule has 0 bridgehead atoms. The Hall–Kier alpha value is -4.57. The van der Waals surface area contributed by atoms with Gasteiger partial charge in [0.15, 0.2) is 0 Å². The number of nitrogen functional groups attached to an aromatic ring is 1. The second-order valence-corrected chi connectivity index (χ2v) is 9.11. The van der Waals surface area contributed by atoms with Gasteiger partial charge in [-0.2, -0.15) is 0 Å². The van der Waals surface area contributed by atoms with Crippen LogP contribution < -0.4 is 10.5 Å². The lowest BCUT2D eigenvalue weighted by atomic mass is 9.99. The molecule has 2 aromatic heterocycles. The number of rotatable bonds is 4. The first kappa shape index (κ1) is 24.1. The maximum Gasteiger partial charge on any atom is 0.245 e. The van der Waals surface area contributed by atoms with E-state index in [9.17, 15) is 4.79 Å². The first-order valence-corrected chi connectivity index (χ1v) is 12.4. The molecule has 1 atom stereocenters. The Morgan fingerprint density at radius 3 is 2.59 bits per heavy atom. The van der Waals surface area contributed by atoms with Crippen molar-refractivity contribution in [1.82, 2.24) is 19.4 Å². The van der Waals surface area contributed by atoms with Gasteiger partial charge in [0.05, 0.1) is 5.39 Å². The molecule has 1 unspecified atom stereocenters. The number of benzene rings is 2. The summed E-state index contributed by atoms with van der Waals surface area (Å²) in [5, 5.41) is 0.787. The van der Waals surface area contributed by atoms with Gasteiger partial charge in [-0.3, -0.25) is 4.79 Å². The first-order chi connectivity index (χ1) is 18.0. The monoisotopic (exact) mass is 491 g/mol. The third-order valence-electron chi connectivity index (χ3n) is 6.73. The maximum absolute atomic E-state index is 12.0. The molecule has 3 heterocycles. The minimum absolute atomic E-state index is 0.0154. The van der Waals surface area contributed by atoms with Gasteiger partial charge in [-0.15, -0.1) is 0 Å². The van der Waals surface area contributed by atoms with Gasteiger partial charge in [0.1, 0.15) is 35.0 Å². The molecule has 2 N–H and O–H groups in total. The lowest BCUT2D eigenvalue weighted by molar-refractivity contribution is -0.125. The van der Waals surface area contributed by atoms with Crippen molar-refractivity contribution in [3.05, 3.63) is 79.3 Å². The van der Waals surface area contributed by atoms with Crippen LogP contribution in [0.1, 0.15) is 25.0 Å². The fraction of sp³-hybridized carbons (Fsp3) is 0.233. The smallest absolute Gasteiger partial charge is 0.245 e. The van der Waals surface area contributed by atoms with Gasteiger partial charge >= 0.3 is 0 Å². The normalized spacial score (nSPS) is 15.5. The maximum atomic E-state index is 12.0. The summed E-state index contributed by atoms with van der Waals surface area (Å²) in [6.07, 6.45) is 5.56. The molecule has 186 valence electrons. The van der Waals surface area contributed by atoms with Crippen LogP contribution in [0.4, 0.5) is 5.82 Å². The number of para-hydroxylation sites is 1. The molecule has 2 aromatic carbocycles. The average molecular weight is 492 g/mol. The predicted octanol–water partition coefficient (Wildman–Crippen LogP) is 5.18. The number of aryl methyl sites for hydroxylation is 1. The van der Waals surface area contributed by atoms with Gasteiger partial charge in [0.2, 0.25) is 5.91 Å². The van der Waals surface area contributed by atoms with E-state index in [1.807, 2.05) is 71.1 Å². The number of ether oxygens (including phenoxy) is 1. The van der Waals surface area contributed by atoms with Gasteiger partial charge in [-0.25, -0.2) is 9.97 Å². The molecule has 0 saturated carbocycles. The zero-order valence-electron chi connectivity index (χ0n) is 20.9. The second-order valence-electron chi connectivity index (χ2n) is 9.11. The Bertz CT molecular complexity index is 1500. The average Bonchev–Trinajstić information content (AvgIpc) is 3.05. The van der Waals surface area contributed by atoms with E-state index in [1.165, 1.54) is 12.4 Å². The molecule has 1 aliphatic rings. The molecular weight excluding hydrogens is 462 g/mol. The van der Waals surface area contributed by atoms with E-state index < -0.39 is 0 Å². The number of hydrogen-bond donors (Lipinski definition) is 1. The summed E-state index contributed by atoms with van der Waals surface area (Å²) in [5.41, 5.74) is 9.78. The van der Waals surface area contributed by atoms with Crippen molar-refractivity contribution < 1.29 is 9.53 Å². The van der Waals surface area contributed by atoms with Gasteiger partial charge in [-0.1, -0.05) is 42.8 Å². The fourth-order valence-corrected chi connectivity index (χ4v) is 4.78. The molecule has 5 rings (SSSR count). The number of anilines is 1. The molecule has 1 fully saturated rings. The molecule has 1 aliphatic heterocycles. The van der Waals surface area contributed by atoms with Crippen molar-refractivity contribution in [1.29, 1.82) is 0 Å². The number of hydrogen-bond acceptors (Lipinski definition) is 5. The highest BCUT2D eigenvalue weighted by Gasteiger charge is 2.21. The van der Waals surface area contributed by atoms with Crippen molar-refractivity contribution in [3.8, 4) is 34.5 Å². The highest BCUT2D eigenvalue weighted by Crippen LogP contribution is 2.37. The summed E-state index contributed by atoms with van der Waals surface area (Å²) in [4.78, 5) is 22.6. The predicted molar refractivity (Wildman–Crippen MR) is 146 cm³/mol. The molecular formula is C30H29N5O2. The molecule has 0 aliphatic carbocycles. The number of nitrogens with zero attached hydrogens (tertiary/aromatic N) is 4. The van der Waals surface area contributed by atoms with Crippen LogP contribution in [0.2, 0.25) is 0 Å². The Morgan fingerprint density at radius 2 is 1.84 bits per heavy atom. The highest BCUT2D eigenvalue weighted by atomic mass is 16.5. The van der Waals surface area contributed by atoms with Gasteiger partial charge < -0.3 is 19.9 Å². The van der Waals surface area contributed by atoms with Crippen LogP contribution in [-0.2, 0) is 11.8 Å². The molecule has 4 aromatic rings. The quantitative estimate of drug-likeness (QED) is 0.314. The third-order valence-corrected chi connectivity index (χ3v) is 6.73. The van der Waals surface area contributed by atoms with Crippen LogP contribution in [0, 0.1) is 17.8 Å². The van der Waals surface area contributed by atoms with Crippen molar-refractivity contribution in [2.75, 3.05) is 18.8 Å². The minimum Gasteiger partial charge on any atom is -0.457 e. The standard InChI is InChI=1S/C30H29N5O2/c1-3-26(36)35-18-7-8-21(17-19-35)11-16-25-27(28-29(31)32-20-33-30(28)34(25)2)22-12-14-24(15-13-22)37-23-9-5-4-6-10-23/h3-6,9-10,12-15,20-21H,1,7-8,17-19H2,2H3,(H2,31,32,33). The lowest BCUT2D eigenvalue weighted by Crippen LogP contribution is -2.30. The lowest BCUT2D eigenvalue weighted by Gasteiger charge is -2.17. The van der Waals surface area contributed by atoms with Crippen LogP contribution in [-0.4, -0.2) is 38.4 Å². The second kappa shape index (κ2) is 10.6. The topological polar surface area (TPSA) is 86.3 Å². The van der Waals surface area contributed by atoms with E-state index >= 15 is 0 Å². The zero-order valence-corrected chi connectivity index (χ0v) is 20.9. The van der Waals surface area contributed by atoms with E-state index in [0.29, 0.717) is 12.4 Å². The molecule has 7 heteroatoms. The first-order valence-electron chi connectivity index (χ1n) is 12.4. The number of likely N-dealkylation sites (tertiary alicyclic amines) is 1. The number of fused-ring (bicyclic) bond motifs is 1. The summed E-state index contributed by atoms with van der Waals surface area (Å²) >= 11 is 0. The molecule has 1 saturated heterocycles. The van der Waals surface area contributed by atoms with E-state index in [1.54, 1.807) is 0 Å². The number of nitrogens with two attached hydrogens (primary N) is 1. The SMILES string of the molecule is C=CC(=O)N1CCCC(C#Cc2c(-c3ccc(Oc4ccccc4)cc3)c3c(N)ncnc3n2C)CC1. The van der Waals surface area contributed by atoms with Crippen molar-refractivity contribution in [3.63, 3.8) is 0 Å². The summed E-state index contributed by atoms with van der Waals surface area (Å²) in [7, 11) is 1.95. The molecule has 37 heavy (non-hydrogen) atoms. The Balaban J connectivity index is 1.49. The number of amides is 1. The molecule has 7 nitrogen and oxygen atoms in total. The summed E-state index contributed by atoms with van der Waals surface area (Å²) in [6, 6.07) is 17.6. The number of carbonyl (C=O) groups is 1. The fourth-order valence-electron chi connectivity index (χ4n) is 4.78. The van der Waals surface area contributed by atoms with Crippen molar-refractivity contribution in [2.24, 2.45) is 13.0 Å². The minimum atomic E-state index is -0.0154. The van der Waals surface area contributed by atoms with E-state index in [-0.39, 0.29) is 11.8 Å². The van der Waals surface area contributed by atoms with Crippen molar-refractivity contribution >= 4 is 22.8 Å². The Morgan fingerprint density at radius 1 is 1.08 bits per heavy atom. The highest BCUT2D eigenvalue weighted by molar-refractivity contribution is 6.03. The summed E-state index contributed by atoms with van der Waals surface area (Å²) < 4.78 is 7.95. The van der Waals surface area contributed by atoms with Gasteiger partial charge in [0, 0.05) is 31.6 Å². The Labute approximate surface area is 216 Å². The van der Waals surface area contributed by atoms with Crippen LogP contribution in [0.25, 0.3) is 22.2 Å². The van der Waals surface area contributed by atoms with Crippen LogP contribution >= 0.6 is 0 Å². The largest absolute Gasteiger partial charge is 0.457 e. The molecule has 0 radical (unpaired) electrons. The zero-order chi connectivity index (χ0) is 25.8. The third kappa shape index (κ3) is 5.05. The number of aromatic nitrogens is 3. The number of carbonyl (C=O) groups excluding carboxylic acids is 1. The van der Waals surface area contributed by atoms with E-state index in [2.05, 4.69) is 28.4 Å². The van der Waals surface area contributed by atoms with Gasteiger partial charge in [0.25, 0.3) is 0 Å². The van der Waals surface area contributed by atoms with E-state index in [0.717, 1.165) is 65.2 Å². The van der Waals surface area contributed by atoms with Crippen LogP contribution in [0.3, 0.4) is 0 Å². The summed E-state index contributed by atoms with van der Waals surface area (Å²) in [6.45, 7) is 5.04. The Kier molecular flexibility index (Phi) is 6.91. The van der Waals surface area contributed by atoms with Crippen LogP contribution in [0.15, 0.2) is 73.6 Å². The summed E-state index contributed by atoms with van der Waals surface area (Å²) in [5.74, 6) is 9.04. The van der Waals surface area contributed by atoms with E-state index in [4.69, 9.17) is 10.5 Å². The van der Waals surface area contributed by atoms with Crippen molar-refractivity contribution in [2.45, 2.75) is 19.3 Å². The molecule has 0 spiro atoms. The van der Waals surface area contributed by atoms with Crippen LogP contribution in [0.5, 0.6) is 11.5 Å². The van der Waals surface area contributed by atoms with Gasteiger partial charge in [-0.05, 0) is 61.1 Å². The molecule has 1 amide bonds.